The van der Waals surface area contributed by atoms with Crippen LogP contribution in [0.2, 0.25) is 0 Å². The summed E-state index contributed by atoms with van der Waals surface area (Å²) in [5.74, 6) is 1.04. The lowest BCUT2D eigenvalue weighted by molar-refractivity contribution is 0.672. The highest BCUT2D eigenvalue weighted by Crippen LogP contribution is 2.12. The predicted molar refractivity (Wildman–Crippen MR) is 79.2 cm³/mol. The lowest BCUT2D eigenvalue weighted by Crippen LogP contribution is -2.35. The number of nitrogens with zero attached hydrogens (tertiary/aromatic N) is 2. The number of anilines is 1. The summed E-state index contributed by atoms with van der Waals surface area (Å²) in [7, 11) is 0.954. The van der Waals surface area contributed by atoms with E-state index < -0.39 is 10.8 Å². The number of fused-ring (bicyclic) bond motifs is 1. The van der Waals surface area contributed by atoms with Crippen molar-refractivity contribution in [2.45, 2.75) is 13.0 Å². The summed E-state index contributed by atoms with van der Waals surface area (Å²) in [5.41, 5.74) is 0.509. The maximum Gasteiger partial charge on any atom is 0.260 e. The molecule has 0 aliphatic heterocycles. The highest BCUT2D eigenvalue weighted by atomic mass is 32.2. The summed E-state index contributed by atoms with van der Waals surface area (Å²) in [6, 6.07) is 7.25. The molecule has 102 valence electrons. The molecular weight excluding hydrogens is 262 g/mol. The highest BCUT2D eigenvalue weighted by Gasteiger charge is 2.14. The van der Waals surface area contributed by atoms with Crippen molar-refractivity contribution in [3.8, 4) is 0 Å². The molecule has 0 saturated carbocycles. The van der Waals surface area contributed by atoms with Crippen LogP contribution in [-0.4, -0.2) is 39.3 Å². The van der Waals surface area contributed by atoms with E-state index in [4.69, 9.17) is 0 Å². The van der Waals surface area contributed by atoms with Gasteiger partial charge in [-0.2, -0.15) is 0 Å². The largest absolute Gasteiger partial charge is 0.342 e. The van der Waals surface area contributed by atoms with E-state index in [1.165, 1.54) is 0 Å². The monoisotopic (exact) mass is 279 g/mol. The topological polar surface area (TPSA) is 66.1 Å². The van der Waals surface area contributed by atoms with Crippen LogP contribution in [0.5, 0.6) is 0 Å². The third kappa shape index (κ3) is 3.01. The molecule has 0 amide bonds. The van der Waals surface area contributed by atoms with Gasteiger partial charge in [0.25, 0.3) is 5.56 Å². The molecule has 1 heterocycles. The first-order valence-corrected chi connectivity index (χ1v) is 7.73. The molecule has 0 fully saturated rings. The highest BCUT2D eigenvalue weighted by molar-refractivity contribution is 7.84. The van der Waals surface area contributed by atoms with E-state index >= 15 is 0 Å². The summed E-state index contributed by atoms with van der Waals surface area (Å²) in [6.45, 7) is 1.95. The molecule has 2 aromatic rings. The van der Waals surface area contributed by atoms with Crippen molar-refractivity contribution in [3.63, 3.8) is 0 Å². The molecule has 0 spiro atoms. The first-order chi connectivity index (χ1) is 8.99. The Morgan fingerprint density at radius 2 is 2.11 bits per heavy atom. The zero-order valence-corrected chi connectivity index (χ0v) is 12.0. The number of aromatic nitrogens is 2. The van der Waals surface area contributed by atoms with E-state index in [9.17, 15) is 9.00 Å². The average molecular weight is 279 g/mol. The van der Waals surface area contributed by atoms with Crippen LogP contribution in [0.4, 0.5) is 5.95 Å². The fourth-order valence-corrected chi connectivity index (χ4v) is 2.80. The van der Waals surface area contributed by atoms with Gasteiger partial charge >= 0.3 is 0 Å². The lowest BCUT2D eigenvalue weighted by Gasteiger charge is -2.24. The third-order valence-corrected chi connectivity index (χ3v) is 4.02. The van der Waals surface area contributed by atoms with Gasteiger partial charge in [-0.05, 0) is 19.1 Å². The normalized spacial score (nSPS) is 14.3. The van der Waals surface area contributed by atoms with Crippen molar-refractivity contribution >= 4 is 27.7 Å². The Labute approximate surface area is 114 Å². The Hall–Kier alpha value is -1.69. The van der Waals surface area contributed by atoms with Crippen molar-refractivity contribution in [1.29, 1.82) is 0 Å². The summed E-state index contributed by atoms with van der Waals surface area (Å²) in [4.78, 5) is 21.0. The van der Waals surface area contributed by atoms with Crippen LogP contribution in [-0.2, 0) is 10.8 Å². The molecule has 1 N–H and O–H groups in total. The van der Waals surface area contributed by atoms with Crippen LogP contribution in [0.1, 0.15) is 6.92 Å². The van der Waals surface area contributed by atoms with E-state index in [1.54, 1.807) is 12.3 Å². The second-order valence-corrected chi connectivity index (χ2v) is 6.09. The standard InChI is InChI=1S/C13H17N3O2S/c1-9(8-19(3)18)16(2)13-14-11-7-5-4-6-10(11)12(17)15-13/h4-7,9H,8H2,1-3H3,(H,14,15,17)/t9-,19+/m0/s1. The number of H-pyrrole nitrogens is 1. The van der Waals surface area contributed by atoms with Gasteiger partial charge in [-0.3, -0.25) is 14.0 Å². The molecule has 2 atom stereocenters. The van der Waals surface area contributed by atoms with E-state index in [2.05, 4.69) is 9.97 Å². The Kier molecular flexibility index (Phi) is 3.99. The fraction of sp³-hybridized carbons (Fsp3) is 0.385. The number of nitrogens with one attached hydrogen (secondary N) is 1. The molecule has 6 heteroatoms. The second-order valence-electron chi connectivity index (χ2n) is 4.61. The molecule has 0 unspecified atom stereocenters. The molecule has 0 saturated heterocycles. The van der Waals surface area contributed by atoms with Crippen molar-refractivity contribution in [2.24, 2.45) is 0 Å². The van der Waals surface area contributed by atoms with E-state index in [-0.39, 0.29) is 11.6 Å². The molecule has 2 rings (SSSR count). The Bertz CT molecular complexity index is 668. The number of para-hydroxylation sites is 1. The van der Waals surface area contributed by atoms with Crippen LogP contribution < -0.4 is 10.5 Å². The molecule has 1 aromatic carbocycles. The van der Waals surface area contributed by atoms with E-state index in [1.807, 2.05) is 37.1 Å². The van der Waals surface area contributed by atoms with Crippen LogP contribution >= 0.6 is 0 Å². The van der Waals surface area contributed by atoms with Crippen LogP contribution in [0.25, 0.3) is 10.9 Å². The molecule has 0 radical (unpaired) electrons. The molecule has 0 bridgehead atoms. The van der Waals surface area contributed by atoms with Crippen LogP contribution in [0, 0.1) is 0 Å². The first kappa shape index (κ1) is 13.7. The summed E-state index contributed by atoms with van der Waals surface area (Å²) in [6.07, 6.45) is 1.67. The second kappa shape index (κ2) is 5.52. The van der Waals surface area contributed by atoms with Gasteiger partial charge in [-0.1, -0.05) is 12.1 Å². The van der Waals surface area contributed by atoms with Gasteiger partial charge in [0.15, 0.2) is 0 Å². The molecule has 0 aliphatic rings. The SMILES string of the molecule is C[C@@H](C[S@@](C)=O)N(C)c1nc2ccccc2c(=O)[nH]1. The minimum Gasteiger partial charge on any atom is -0.342 e. The van der Waals surface area contributed by atoms with Crippen molar-refractivity contribution in [1.82, 2.24) is 9.97 Å². The van der Waals surface area contributed by atoms with E-state index in [0.29, 0.717) is 22.6 Å². The van der Waals surface area contributed by atoms with Gasteiger partial charge in [0.2, 0.25) is 5.95 Å². The number of rotatable bonds is 4. The number of hydrogen-bond acceptors (Lipinski definition) is 4. The van der Waals surface area contributed by atoms with Gasteiger partial charge in [0.05, 0.1) is 10.9 Å². The quantitative estimate of drug-likeness (QED) is 0.911. The number of benzene rings is 1. The van der Waals surface area contributed by atoms with Gasteiger partial charge in [-0.15, -0.1) is 0 Å². The molecule has 19 heavy (non-hydrogen) atoms. The average Bonchev–Trinajstić information content (AvgIpc) is 2.37. The van der Waals surface area contributed by atoms with Crippen molar-refractivity contribution in [2.75, 3.05) is 24.0 Å². The minimum absolute atomic E-state index is 0.0372. The Balaban J connectivity index is 2.40. The summed E-state index contributed by atoms with van der Waals surface area (Å²) < 4.78 is 11.3. The van der Waals surface area contributed by atoms with Crippen molar-refractivity contribution < 1.29 is 4.21 Å². The summed E-state index contributed by atoms with van der Waals surface area (Å²) >= 11 is 0. The fourth-order valence-electron chi connectivity index (χ4n) is 1.90. The van der Waals surface area contributed by atoms with E-state index in [0.717, 1.165) is 0 Å². The van der Waals surface area contributed by atoms with Gasteiger partial charge < -0.3 is 4.90 Å². The zero-order chi connectivity index (χ0) is 14.0. The summed E-state index contributed by atoms with van der Waals surface area (Å²) in [5, 5.41) is 0.575. The molecule has 5 nitrogen and oxygen atoms in total. The maximum absolute atomic E-state index is 12.0. The Morgan fingerprint density at radius 3 is 2.79 bits per heavy atom. The van der Waals surface area contributed by atoms with Crippen LogP contribution in [0.15, 0.2) is 29.1 Å². The zero-order valence-electron chi connectivity index (χ0n) is 11.2. The lowest BCUT2D eigenvalue weighted by atomic mass is 10.2. The maximum atomic E-state index is 12.0. The van der Waals surface area contributed by atoms with Gasteiger partial charge in [0.1, 0.15) is 0 Å². The third-order valence-electron chi connectivity index (χ3n) is 3.07. The smallest absolute Gasteiger partial charge is 0.260 e. The predicted octanol–water partition coefficient (Wildman–Crippen LogP) is 1.13. The first-order valence-electron chi connectivity index (χ1n) is 6.01. The molecule has 1 aromatic heterocycles. The number of aromatic amines is 1. The van der Waals surface area contributed by atoms with Crippen LogP contribution in [0.3, 0.4) is 0 Å². The van der Waals surface area contributed by atoms with Gasteiger partial charge in [-0.25, -0.2) is 4.98 Å². The number of hydrogen-bond donors (Lipinski definition) is 1. The Morgan fingerprint density at radius 1 is 1.42 bits per heavy atom. The van der Waals surface area contributed by atoms with Crippen molar-refractivity contribution in [3.05, 3.63) is 34.6 Å². The van der Waals surface area contributed by atoms with Gasteiger partial charge in [0, 0.05) is 35.9 Å². The minimum atomic E-state index is -0.884. The molecular formula is C13H17N3O2S. The molecule has 0 aliphatic carbocycles.